The third-order valence-electron chi connectivity index (χ3n) is 6.44. The molecule has 0 aliphatic carbocycles. The van der Waals surface area contributed by atoms with Gasteiger partial charge in [-0.05, 0) is 72.9 Å². The highest BCUT2D eigenvalue weighted by Crippen LogP contribution is 2.45. The molecule has 5 rings (SSSR count). The maximum Gasteiger partial charge on any atom is 0.342 e. The van der Waals surface area contributed by atoms with Crippen molar-refractivity contribution in [2.75, 3.05) is 7.11 Å². The van der Waals surface area contributed by atoms with Gasteiger partial charge < -0.3 is 14.6 Å². The van der Waals surface area contributed by atoms with Crippen LogP contribution in [0.5, 0.6) is 5.75 Å². The Balaban J connectivity index is 1.71. The molecule has 0 bridgehead atoms. The van der Waals surface area contributed by atoms with Gasteiger partial charge in [0.1, 0.15) is 16.8 Å². The molecule has 2 heterocycles. The van der Waals surface area contributed by atoms with Gasteiger partial charge in [-0.2, -0.15) is 8.75 Å². The zero-order valence-corrected chi connectivity index (χ0v) is 20.2. The standard InChI is InChI=1S/C27H24N2O4S/c1-15-5-8-20(12-16(15)2)27(31)21(13-18-6-10-24(32-4)17(3)11-18)25(26(30)33-27)19-7-9-22-23(14-19)29-34-28-22/h5-12,14,31H,13H2,1-4H3. The van der Waals surface area contributed by atoms with Crippen molar-refractivity contribution in [2.45, 2.75) is 33.0 Å². The number of cyclic esters (lactones) is 1. The molecule has 0 spiro atoms. The summed E-state index contributed by atoms with van der Waals surface area (Å²) >= 11 is 1.12. The second kappa shape index (κ2) is 8.34. The van der Waals surface area contributed by atoms with Crippen LogP contribution in [0.25, 0.3) is 16.6 Å². The molecule has 172 valence electrons. The van der Waals surface area contributed by atoms with Gasteiger partial charge >= 0.3 is 5.97 Å². The van der Waals surface area contributed by atoms with Crippen molar-refractivity contribution in [3.63, 3.8) is 0 Å². The molecule has 0 radical (unpaired) electrons. The molecule has 0 saturated heterocycles. The fraction of sp³-hybridized carbons (Fsp3) is 0.222. The van der Waals surface area contributed by atoms with E-state index in [-0.39, 0.29) is 0 Å². The van der Waals surface area contributed by atoms with Crippen LogP contribution in [-0.2, 0) is 21.7 Å². The minimum absolute atomic E-state index is 0.322. The van der Waals surface area contributed by atoms with Crippen LogP contribution in [0.4, 0.5) is 0 Å². The number of aliphatic hydroxyl groups is 1. The first-order chi connectivity index (χ1) is 16.3. The number of methoxy groups -OCH3 is 1. The van der Waals surface area contributed by atoms with Crippen LogP contribution in [0.3, 0.4) is 0 Å². The summed E-state index contributed by atoms with van der Waals surface area (Å²) in [5.74, 6) is -1.67. The highest BCUT2D eigenvalue weighted by atomic mass is 32.1. The molecule has 1 N–H and O–H groups in total. The second-order valence-electron chi connectivity index (χ2n) is 8.63. The number of esters is 1. The summed E-state index contributed by atoms with van der Waals surface area (Å²) in [5.41, 5.74) is 7.47. The Labute approximate surface area is 201 Å². The van der Waals surface area contributed by atoms with E-state index in [1.807, 2.05) is 75.4 Å². The first-order valence-corrected chi connectivity index (χ1v) is 11.7. The lowest BCUT2D eigenvalue weighted by Gasteiger charge is -2.26. The Morgan fingerprint density at radius 3 is 2.47 bits per heavy atom. The van der Waals surface area contributed by atoms with Gasteiger partial charge in [-0.3, -0.25) is 0 Å². The van der Waals surface area contributed by atoms with E-state index < -0.39 is 11.8 Å². The average Bonchev–Trinajstić information content (AvgIpc) is 3.37. The van der Waals surface area contributed by atoms with Crippen molar-refractivity contribution < 1.29 is 19.4 Å². The number of ether oxygens (including phenoxy) is 2. The van der Waals surface area contributed by atoms with Crippen molar-refractivity contribution in [1.29, 1.82) is 0 Å². The maximum absolute atomic E-state index is 13.3. The number of nitrogens with zero attached hydrogens (tertiary/aromatic N) is 2. The SMILES string of the molecule is COc1ccc(CC2=C(c3ccc4nsnc4c3)C(=O)OC2(O)c2ccc(C)c(C)c2)cc1C. The third kappa shape index (κ3) is 3.67. The fourth-order valence-corrected chi connectivity index (χ4v) is 4.93. The summed E-state index contributed by atoms with van der Waals surface area (Å²) in [7, 11) is 1.63. The molecule has 34 heavy (non-hydrogen) atoms. The van der Waals surface area contributed by atoms with E-state index >= 15 is 0 Å². The van der Waals surface area contributed by atoms with Crippen LogP contribution in [0.2, 0.25) is 0 Å². The van der Waals surface area contributed by atoms with Gasteiger partial charge in [0.05, 0.1) is 24.4 Å². The van der Waals surface area contributed by atoms with E-state index in [1.54, 1.807) is 7.11 Å². The van der Waals surface area contributed by atoms with Gasteiger partial charge in [0.25, 0.3) is 5.79 Å². The van der Waals surface area contributed by atoms with Crippen molar-refractivity contribution in [3.05, 3.63) is 93.6 Å². The van der Waals surface area contributed by atoms with Crippen molar-refractivity contribution >= 4 is 34.3 Å². The van der Waals surface area contributed by atoms with Crippen LogP contribution >= 0.6 is 11.7 Å². The van der Waals surface area contributed by atoms with Crippen molar-refractivity contribution in [3.8, 4) is 5.75 Å². The Bertz CT molecular complexity index is 1470. The second-order valence-corrected chi connectivity index (χ2v) is 9.16. The number of benzene rings is 3. The molecular weight excluding hydrogens is 448 g/mol. The third-order valence-corrected chi connectivity index (χ3v) is 6.99. The molecule has 3 aromatic carbocycles. The quantitative estimate of drug-likeness (QED) is 0.411. The maximum atomic E-state index is 13.3. The number of rotatable bonds is 5. The van der Waals surface area contributed by atoms with Gasteiger partial charge in [-0.25, -0.2) is 4.79 Å². The molecule has 0 amide bonds. The molecule has 1 aliphatic heterocycles. The van der Waals surface area contributed by atoms with E-state index in [9.17, 15) is 9.90 Å². The largest absolute Gasteiger partial charge is 0.496 e. The van der Waals surface area contributed by atoms with Gasteiger partial charge in [-0.1, -0.05) is 30.3 Å². The van der Waals surface area contributed by atoms with E-state index in [0.29, 0.717) is 34.2 Å². The smallest absolute Gasteiger partial charge is 0.342 e. The van der Waals surface area contributed by atoms with Crippen molar-refractivity contribution in [1.82, 2.24) is 8.75 Å². The van der Waals surface area contributed by atoms with Gasteiger partial charge in [0.15, 0.2) is 0 Å². The van der Waals surface area contributed by atoms with E-state index in [2.05, 4.69) is 8.75 Å². The topological polar surface area (TPSA) is 81.5 Å². The number of aryl methyl sites for hydroxylation is 3. The Morgan fingerprint density at radius 2 is 1.74 bits per heavy atom. The zero-order chi connectivity index (χ0) is 24.0. The lowest BCUT2D eigenvalue weighted by atomic mass is 9.87. The summed E-state index contributed by atoms with van der Waals surface area (Å²) in [5, 5.41) is 11.9. The first kappa shape index (κ1) is 22.3. The Kier molecular flexibility index (Phi) is 5.46. The van der Waals surface area contributed by atoms with Gasteiger partial charge in [0, 0.05) is 17.6 Å². The van der Waals surface area contributed by atoms with E-state index in [4.69, 9.17) is 9.47 Å². The fourth-order valence-electron chi connectivity index (χ4n) is 4.42. The van der Waals surface area contributed by atoms with E-state index in [1.165, 1.54) is 0 Å². The molecule has 1 atom stereocenters. The number of aromatic nitrogens is 2. The number of carbonyl (C=O) groups is 1. The predicted octanol–water partition coefficient (Wildman–Crippen LogP) is 5.02. The highest BCUT2D eigenvalue weighted by Gasteiger charge is 2.48. The Morgan fingerprint density at radius 1 is 0.941 bits per heavy atom. The highest BCUT2D eigenvalue weighted by molar-refractivity contribution is 7.00. The Hall–Kier alpha value is -3.55. The minimum atomic E-state index is -1.88. The number of carbonyl (C=O) groups excluding carboxylic acids is 1. The number of hydrogen-bond donors (Lipinski definition) is 1. The summed E-state index contributed by atoms with van der Waals surface area (Å²) in [6.07, 6.45) is 0.322. The molecule has 6 nitrogen and oxygen atoms in total. The first-order valence-electron chi connectivity index (χ1n) is 10.9. The van der Waals surface area contributed by atoms with Crippen LogP contribution in [-0.4, -0.2) is 26.9 Å². The molecule has 4 aromatic rings. The van der Waals surface area contributed by atoms with Crippen LogP contribution in [0.1, 0.15) is 33.4 Å². The molecule has 7 heteroatoms. The summed E-state index contributed by atoms with van der Waals surface area (Å²) in [4.78, 5) is 13.3. The molecule has 1 aromatic heterocycles. The lowest BCUT2D eigenvalue weighted by Crippen LogP contribution is -2.30. The summed E-state index contributed by atoms with van der Waals surface area (Å²) in [6, 6.07) is 16.9. The van der Waals surface area contributed by atoms with Crippen molar-refractivity contribution in [2.24, 2.45) is 0 Å². The molecule has 0 fully saturated rings. The molecular formula is C27H24N2O4S. The summed E-state index contributed by atoms with van der Waals surface area (Å²) < 4.78 is 19.7. The van der Waals surface area contributed by atoms with Crippen LogP contribution < -0.4 is 4.74 Å². The normalized spacial score (nSPS) is 18.0. The van der Waals surface area contributed by atoms with Crippen LogP contribution in [0.15, 0.2) is 60.2 Å². The van der Waals surface area contributed by atoms with Gasteiger partial charge in [0.2, 0.25) is 0 Å². The van der Waals surface area contributed by atoms with Crippen LogP contribution in [0, 0.1) is 20.8 Å². The summed E-state index contributed by atoms with van der Waals surface area (Å²) in [6.45, 7) is 5.94. The molecule has 0 saturated carbocycles. The van der Waals surface area contributed by atoms with E-state index in [0.717, 1.165) is 45.2 Å². The lowest BCUT2D eigenvalue weighted by molar-refractivity contribution is -0.185. The minimum Gasteiger partial charge on any atom is -0.496 e. The predicted molar refractivity (Wildman–Crippen MR) is 132 cm³/mol. The monoisotopic (exact) mass is 472 g/mol. The number of fused-ring (bicyclic) bond motifs is 1. The average molecular weight is 473 g/mol. The molecule has 1 unspecified atom stereocenters. The zero-order valence-electron chi connectivity index (χ0n) is 19.4. The molecule has 1 aliphatic rings. The number of hydrogen-bond acceptors (Lipinski definition) is 7. The van der Waals surface area contributed by atoms with Gasteiger partial charge in [-0.15, -0.1) is 0 Å².